The van der Waals surface area contributed by atoms with Gasteiger partial charge in [-0.3, -0.25) is 9.59 Å². The van der Waals surface area contributed by atoms with E-state index in [1.807, 2.05) is 30.3 Å². The van der Waals surface area contributed by atoms with Gasteiger partial charge in [-0.2, -0.15) is 8.78 Å². The minimum atomic E-state index is -2.91. The largest absolute Gasteiger partial charge is 0.435 e. The monoisotopic (exact) mass is 374 g/mol. The highest BCUT2D eigenvalue weighted by atomic mass is 19.3. The van der Waals surface area contributed by atoms with Gasteiger partial charge in [0.15, 0.2) is 0 Å². The van der Waals surface area contributed by atoms with E-state index in [0.717, 1.165) is 5.56 Å². The predicted octanol–water partition coefficient (Wildman–Crippen LogP) is 3.29. The summed E-state index contributed by atoms with van der Waals surface area (Å²) in [6.45, 7) is -1.41. The first-order chi connectivity index (χ1) is 12.9. The van der Waals surface area contributed by atoms with Gasteiger partial charge in [-0.25, -0.2) is 0 Å². The Morgan fingerprint density at radius 1 is 1.11 bits per heavy atom. The molecule has 0 fully saturated rings. The van der Waals surface area contributed by atoms with Gasteiger partial charge in [0.2, 0.25) is 11.8 Å². The van der Waals surface area contributed by atoms with Crippen LogP contribution >= 0.6 is 0 Å². The Labute approximate surface area is 156 Å². The van der Waals surface area contributed by atoms with Crippen LogP contribution in [0.3, 0.4) is 0 Å². The van der Waals surface area contributed by atoms with E-state index < -0.39 is 24.5 Å². The normalized spacial score (nSPS) is 12.0. The van der Waals surface area contributed by atoms with Crippen LogP contribution in [-0.4, -0.2) is 25.0 Å². The van der Waals surface area contributed by atoms with Crippen molar-refractivity contribution >= 4 is 17.9 Å². The fraction of sp³-hybridized carbons (Fsp3) is 0.200. The Hall–Kier alpha value is -3.22. The number of nitrogens with one attached hydrogen (secondary N) is 2. The van der Waals surface area contributed by atoms with Crippen molar-refractivity contribution in [2.45, 2.75) is 19.6 Å². The van der Waals surface area contributed by atoms with Gasteiger partial charge in [-0.15, -0.1) is 0 Å². The zero-order valence-corrected chi connectivity index (χ0v) is 14.7. The van der Waals surface area contributed by atoms with Crippen molar-refractivity contribution in [1.29, 1.82) is 0 Å². The molecule has 0 saturated heterocycles. The summed E-state index contributed by atoms with van der Waals surface area (Å²) in [5, 5.41) is 5.17. The van der Waals surface area contributed by atoms with Crippen molar-refractivity contribution in [3.63, 3.8) is 0 Å². The maximum absolute atomic E-state index is 12.3. The molecule has 5 nitrogen and oxygen atoms in total. The third-order valence-electron chi connectivity index (χ3n) is 3.61. The topological polar surface area (TPSA) is 67.4 Å². The summed E-state index contributed by atoms with van der Waals surface area (Å²) in [6, 6.07) is 14.9. The van der Waals surface area contributed by atoms with E-state index >= 15 is 0 Å². The maximum atomic E-state index is 12.3. The molecule has 2 aromatic carbocycles. The Morgan fingerprint density at radius 2 is 1.85 bits per heavy atom. The van der Waals surface area contributed by atoms with Crippen molar-refractivity contribution < 1.29 is 23.1 Å². The van der Waals surface area contributed by atoms with Crippen molar-refractivity contribution in [2.75, 3.05) is 6.54 Å². The number of hydrogen-bond acceptors (Lipinski definition) is 3. The third-order valence-corrected chi connectivity index (χ3v) is 3.61. The minimum absolute atomic E-state index is 0.0166. The number of ether oxygens (including phenoxy) is 1. The summed E-state index contributed by atoms with van der Waals surface area (Å²) < 4.78 is 28.9. The highest BCUT2D eigenvalue weighted by Gasteiger charge is 2.12. The number of amides is 2. The molecule has 0 heterocycles. The molecule has 0 aliphatic heterocycles. The van der Waals surface area contributed by atoms with Crippen molar-refractivity contribution in [2.24, 2.45) is 0 Å². The molecule has 0 aromatic heterocycles. The summed E-state index contributed by atoms with van der Waals surface area (Å²) in [4.78, 5) is 23.7. The van der Waals surface area contributed by atoms with Gasteiger partial charge in [-0.1, -0.05) is 42.5 Å². The van der Waals surface area contributed by atoms with Crippen LogP contribution in [0.4, 0.5) is 8.78 Å². The van der Waals surface area contributed by atoms with E-state index in [4.69, 9.17) is 0 Å². The summed E-state index contributed by atoms with van der Waals surface area (Å²) in [5.74, 6) is -0.777. The maximum Gasteiger partial charge on any atom is 0.387 e. The van der Waals surface area contributed by atoms with Gasteiger partial charge in [0.1, 0.15) is 5.75 Å². The molecule has 1 atom stereocenters. The van der Waals surface area contributed by atoms with Crippen LogP contribution in [-0.2, 0) is 9.59 Å². The van der Waals surface area contributed by atoms with Crippen LogP contribution in [0.25, 0.3) is 6.08 Å². The first-order valence-corrected chi connectivity index (χ1v) is 8.29. The van der Waals surface area contributed by atoms with Gasteiger partial charge in [0, 0.05) is 6.08 Å². The molecule has 2 amide bonds. The number of carbonyl (C=O) groups excluding carboxylic acids is 2. The van der Waals surface area contributed by atoms with E-state index in [1.54, 1.807) is 25.1 Å². The number of alkyl halides is 2. The van der Waals surface area contributed by atoms with Gasteiger partial charge in [-0.05, 0) is 36.3 Å². The lowest BCUT2D eigenvalue weighted by molar-refractivity contribution is -0.124. The van der Waals surface area contributed by atoms with E-state index in [0.29, 0.717) is 5.56 Å². The molecule has 0 saturated carbocycles. The fourth-order valence-corrected chi connectivity index (χ4v) is 2.30. The molecule has 27 heavy (non-hydrogen) atoms. The van der Waals surface area contributed by atoms with Gasteiger partial charge >= 0.3 is 6.61 Å². The summed E-state index contributed by atoms with van der Waals surface area (Å²) in [7, 11) is 0. The first kappa shape index (κ1) is 20.1. The molecule has 2 rings (SSSR count). The SMILES string of the molecule is CC(NC(=O)CNC(=O)/C=C/c1ccccc1)c1cccc(OC(F)F)c1. The molecule has 0 aliphatic rings. The number of carbonyl (C=O) groups is 2. The number of benzene rings is 2. The van der Waals surface area contributed by atoms with Gasteiger partial charge in [0.25, 0.3) is 0 Å². The summed E-state index contributed by atoms with van der Waals surface area (Å²) >= 11 is 0. The molecular weight excluding hydrogens is 354 g/mol. The minimum Gasteiger partial charge on any atom is -0.435 e. The van der Waals surface area contributed by atoms with Crippen LogP contribution in [0.1, 0.15) is 24.1 Å². The van der Waals surface area contributed by atoms with Crippen molar-refractivity contribution in [3.8, 4) is 5.75 Å². The smallest absolute Gasteiger partial charge is 0.387 e. The van der Waals surface area contributed by atoms with Crippen molar-refractivity contribution in [3.05, 3.63) is 71.8 Å². The van der Waals surface area contributed by atoms with Crippen LogP contribution in [0.2, 0.25) is 0 Å². The molecule has 142 valence electrons. The lowest BCUT2D eigenvalue weighted by atomic mass is 10.1. The lowest BCUT2D eigenvalue weighted by Crippen LogP contribution is -2.37. The van der Waals surface area contributed by atoms with E-state index in [1.165, 1.54) is 18.2 Å². The Bertz CT molecular complexity index is 795. The van der Waals surface area contributed by atoms with E-state index in [9.17, 15) is 18.4 Å². The fourth-order valence-electron chi connectivity index (χ4n) is 2.30. The molecule has 0 spiro atoms. The van der Waals surface area contributed by atoms with Crippen LogP contribution in [0.5, 0.6) is 5.75 Å². The molecule has 1 unspecified atom stereocenters. The van der Waals surface area contributed by atoms with Crippen LogP contribution in [0.15, 0.2) is 60.7 Å². The molecule has 7 heteroatoms. The van der Waals surface area contributed by atoms with E-state index in [-0.39, 0.29) is 12.3 Å². The number of rotatable bonds is 8. The quantitative estimate of drug-likeness (QED) is 0.697. The molecular formula is C20H20F2N2O3. The Morgan fingerprint density at radius 3 is 2.56 bits per heavy atom. The van der Waals surface area contributed by atoms with Crippen molar-refractivity contribution in [1.82, 2.24) is 10.6 Å². The Balaban J connectivity index is 1.81. The van der Waals surface area contributed by atoms with E-state index in [2.05, 4.69) is 15.4 Å². The average Bonchev–Trinajstić information content (AvgIpc) is 2.65. The second-order valence-corrected chi connectivity index (χ2v) is 5.70. The summed E-state index contributed by atoms with van der Waals surface area (Å²) in [6.07, 6.45) is 2.99. The predicted molar refractivity (Wildman–Crippen MR) is 98.1 cm³/mol. The van der Waals surface area contributed by atoms with Gasteiger partial charge in [0.05, 0.1) is 12.6 Å². The highest BCUT2D eigenvalue weighted by Crippen LogP contribution is 2.20. The zero-order chi connectivity index (χ0) is 19.6. The lowest BCUT2D eigenvalue weighted by Gasteiger charge is -2.15. The summed E-state index contributed by atoms with van der Waals surface area (Å²) in [5.41, 5.74) is 1.48. The number of halogens is 2. The Kier molecular flexibility index (Phi) is 7.49. The molecule has 0 radical (unpaired) electrons. The third kappa shape index (κ3) is 7.27. The highest BCUT2D eigenvalue weighted by molar-refractivity contribution is 5.94. The first-order valence-electron chi connectivity index (χ1n) is 8.29. The second kappa shape index (κ2) is 10.1. The number of hydrogen-bond donors (Lipinski definition) is 2. The molecule has 2 N–H and O–H groups in total. The zero-order valence-electron chi connectivity index (χ0n) is 14.7. The second-order valence-electron chi connectivity index (χ2n) is 5.70. The molecule has 2 aromatic rings. The van der Waals surface area contributed by atoms with Crippen LogP contribution < -0.4 is 15.4 Å². The molecule has 0 aliphatic carbocycles. The average molecular weight is 374 g/mol. The standard InChI is InChI=1S/C20H20F2N2O3/c1-14(16-8-5-9-17(12-16)27-20(21)22)24-19(26)13-23-18(25)11-10-15-6-3-2-4-7-15/h2-12,14,20H,13H2,1H3,(H,23,25)(H,24,26)/b11-10+. The molecule has 0 bridgehead atoms. The van der Waals surface area contributed by atoms with Gasteiger partial charge < -0.3 is 15.4 Å². The van der Waals surface area contributed by atoms with Crippen LogP contribution in [0, 0.1) is 0 Å².